The van der Waals surface area contributed by atoms with Crippen LogP contribution in [0.4, 0.5) is 0 Å². The van der Waals surface area contributed by atoms with Crippen molar-refractivity contribution in [1.82, 2.24) is 15.0 Å². The van der Waals surface area contributed by atoms with Gasteiger partial charge in [-0.3, -0.25) is 4.79 Å². The summed E-state index contributed by atoms with van der Waals surface area (Å²) in [6.07, 6.45) is 0. The van der Waals surface area contributed by atoms with Crippen LogP contribution in [0.1, 0.15) is 34.3 Å². The predicted molar refractivity (Wildman–Crippen MR) is 103 cm³/mol. The summed E-state index contributed by atoms with van der Waals surface area (Å²) in [5, 5.41) is 4.01. The summed E-state index contributed by atoms with van der Waals surface area (Å²) in [6.45, 7) is 6.82. The SMILES string of the molecule is CCOc1ccc(-c2noc(CN(C)C(=O)c3ccc(C)c(C)c3)n2)cc1. The van der Waals surface area contributed by atoms with E-state index in [1.807, 2.05) is 63.2 Å². The van der Waals surface area contributed by atoms with Gasteiger partial charge in [0.1, 0.15) is 5.75 Å². The van der Waals surface area contributed by atoms with Crippen molar-refractivity contribution in [3.05, 3.63) is 65.0 Å². The van der Waals surface area contributed by atoms with Crippen LogP contribution in [0.15, 0.2) is 47.0 Å². The standard InChI is InChI=1S/C21H23N3O3/c1-5-26-18-10-8-16(9-11-18)20-22-19(27-23-20)13-24(4)21(25)17-7-6-14(2)15(3)12-17/h6-12H,5,13H2,1-4H3. The number of hydrogen-bond acceptors (Lipinski definition) is 5. The molecule has 0 unspecified atom stereocenters. The maximum atomic E-state index is 12.6. The monoisotopic (exact) mass is 365 g/mol. The van der Waals surface area contributed by atoms with Crippen LogP contribution >= 0.6 is 0 Å². The molecular weight excluding hydrogens is 342 g/mol. The highest BCUT2D eigenvalue weighted by molar-refractivity contribution is 5.94. The molecule has 0 aliphatic heterocycles. The van der Waals surface area contributed by atoms with Gasteiger partial charge < -0.3 is 14.2 Å². The molecule has 0 aliphatic rings. The topological polar surface area (TPSA) is 68.5 Å². The number of nitrogens with zero attached hydrogens (tertiary/aromatic N) is 3. The van der Waals surface area contributed by atoms with E-state index < -0.39 is 0 Å². The second-order valence-corrected chi connectivity index (χ2v) is 6.43. The van der Waals surface area contributed by atoms with E-state index in [0.29, 0.717) is 23.9 Å². The molecule has 0 aliphatic carbocycles. The van der Waals surface area contributed by atoms with Gasteiger partial charge in [0.2, 0.25) is 11.7 Å². The third-order valence-electron chi connectivity index (χ3n) is 4.36. The van der Waals surface area contributed by atoms with E-state index in [-0.39, 0.29) is 12.5 Å². The Morgan fingerprint density at radius 3 is 2.52 bits per heavy atom. The molecular formula is C21H23N3O3. The normalized spacial score (nSPS) is 10.7. The zero-order valence-corrected chi connectivity index (χ0v) is 16.0. The van der Waals surface area contributed by atoms with Crippen molar-refractivity contribution in [3.8, 4) is 17.1 Å². The summed E-state index contributed by atoms with van der Waals surface area (Å²) in [4.78, 5) is 18.6. The van der Waals surface area contributed by atoms with Gasteiger partial charge >= 0.3 is 0 Å². The Balaban J connectivity index is 1.69. The molecule has 0 atom stereocenters. The van der Waals surface area contributed by atoms with Crippen LogP contribution in [0.25, 0.3) is 11.4 Å². The lowest BCUT2D eigenvalue weighted by Crippen LogP contribution is -2.26. The highest BCUT2D eigenvalue weighted by atomic mass is 16.5. The van der Waals surface area contributed by atoms with Gasteiger partial charge in [-0.05, 0) is 68.3 Å². The number of rotatable bonds is 6. The van der Waals surface area contributed by atoms with Crippen molar-refractivity contribution in [2.75, 3.05) is 13.7 Å². The first-order valence-corrected chi connectivity index (χ1v) is 8.86. The highest BCUT2D eigenvalue weighted by Gasteiger charge is 2.16. The third-order valence-corrected chi connectivity index (χ3v) is 4.36. The molecule has 0 N–H and O–H groups in total. The number of aryl methyl sites for hydroxylation is 2. The quantitative estimate of drug-likeness (QED) is 0.660. The summed E-state index contributed by atoms with van der Waals surface area (Å²) >= 11 is 0. The molecule has 0 saturated carbocycles. The first-order valence-electron chi connectivity index (χ1n) is 8.86. The minimum Gasteiger partial charge on any atom is -0.494 e. The number of benzene rings is 2. The van der Waals surface area contributed by atoms with Crippen LogP contribution in [0, 0.1) is 13.8 Å². The van der Waals surface area contributed by atoms with Gasteiger partial charge in [-0.1, -0.05) is 11.2 Å². The summed E-state index contributed by atoms with van der Waals surface area (Å²) in [6, 6.07) is 13.2. The summed E-state index contributed by atoms with van der Waals surface area (Å²) < 4.78 is 10.7. The van der Waals surface area contributed by atoms with E-state index >= 15 is 0 Å². The van der Waals surface area contributed by atoms with Gasteiger partial charge in [0, 0.05) is 18.2 Å². The van der Waals surface area contributed by atoms with Gasteiger partial charge in [0.15, 0.2) is 0 Å². The van der Waals surface area contributed by atoms with E-state index in [9.17, 15) is 4.79 Å². The number of aromatic nitrogens is 2. The summed E-state index contributed by atoms with van der Waals surface area (Å²) in [7, 11) is 1.72. The van der Waals surface area contributed by atoms with Crippen molar-refractivity contribution in [1.29, 1.82) is 0 Å². The maximum absolute atomic E-state index is 12.6. The Morgan fingerprint density at radius 1 is 1.11 bits per heavy atom. The average Bonchev–Trinajstić information content (AvgIpc) is 3.12. The molecule has 0 spiro atoms. The van der Waals surface area contributed by atoms with Crippen molar-refractivity contribution >= 4 is 5.91 Å². The number of amides is 1. The maximum Gasteiger partial charge on any atom is 0.254 e. The van der Waals surface area contributed by atoms with Crippen molar-refractivity contribution in [2.45, 2.75) is 27.3 Å². The van der Waals surface area contributed by atoms with Gasteiger partial charge in [-0.25, -0.2) is 0 Å². The number of carbonyl (C=O) groups is 1. The highest BCUT2D eigenvalue weighted by Crippen LogP contribution is 2.20. The molecule has 2 aromatic carbocycles. The molecule has 1 amide bonds. The van der Waals surface area contributed by atoms with E-state index in [4.69, 9.17) is 9.26 Å². The van der Waals surface area contributed by atoms with Crippen molar-refractivity contribution < 1.29 is 14.1 Å². The van der Waals surface area contributed by atoms with Gasteiger partial charge in [-0.2, -0.15) is 4.98 Å². The van der Waals surface area contributed by atoms with E-state index in [2.05, 4.69) is 10.1 Å². The molecule has 1 heterocycles. The fraction of sp³-hybridized carbons (Fsp3) is 0.286. The van der Waals surface area contributed by atoms with Crippen LogP contribution in [0.5, 0.6) is 5.75 Å². The molecule has 27 heavy (non-hydrogen) atoms. The molecule has 0 bridgehead atoms. The first kappa shape index (κ1) is 18.6. The zero-order valence-electron chi connectivity index (χ0n) is 16.0. The van der Waals surface area contributed by atoms with Crippen molar-refractivity contribution in [3.63, 3.8) is 0 Å². The summed E-state index contributed by atoms with van der Waals surface area (Å²) in [5.74, 6) is 1.58. The third kappa shape index (κ3) is 4.34. The first-order chi connectivity index (χ1) is 13.0. The lowest BCUT2D eigenvalue weighted by Gasteiger charge is -2.15. The Labute approximate surface area is 158 Å². The number of carbonyl (C=O) groups excluding carboxylic acids is 1. The molecule has 6 nitrogen and oxygen atoms in total. The Bertz CT molecular complexity index is 932. The Morgan fingerprint density at radius 2 is 1.85 bits per heavy atom. The Kier molecular flexibility index (Phi) is 5.54. The van der Waals surface area contributed by atoms with Crippen LogP contribution in [-0.2, 0) is 6.54 Å². The number of hydrogen-bond donors (Lipinski definition) is 0. The van der Waals surface area contributed by atoms with Gasteiger partial charge in [0.05, 0.1) is 13.2 Å². The average molecular weight is 365 g/mol. The lowest BCUT2D eigenvalue weighted by molar-refractivity contribution is 0.0769. The van der Waals surface area contributed by atoms with Crippen LogP contribution < -0.4 is 4.74 Å². The molecule has 140 valence electrons. The zero-order chi connectivity index (χ0) is 19.4. The smallest absolute Gasteiger partial charge is 0.254 e. The predicted octanol–water partition coefficient (Wildman–Crippen LogP) is 4.02. The second-order valence-electron chi connectivity index (χ2n) is 6.43. The van der Waals surface area contributed by atoms with E-state index in [1.165, 1.54) is 0 Å². The van der Waals surface area contributed by atoms with Crippen LogP contribution in [-0.4, -0.2) is 34.6 Å². The molecule has 0 fully saturated rings. The molecule has 0 saturated heterocycles. The number of ether oxygens (including phenoxy) is 1. The van der Waals surface area contributed by atoms with E-state index in [1.54, 1.807) is 11.9 Å². The van der Waals surface area contributed by atoms with Crippen molar-refractivity contribution in [2.24, 2.45) is 0 Å². The Hall–Kier alpha value is -3.15. The van der Waals surface area contributed by atoms with Crippen LogP contribution in [0.2, 0.25) is 0 Å². The summed E-state index contributed by atoms with van der Waals surface area (Å²) in [5.41, 5.74) is 3.72. The molecule has 6 heteroatoms. The van der Waals surface area contributed by atoms with Gasteiger partial charge in [-0.15, -0.1) is 0 Å². The van der Waals surface area contributed by atoms with Crippen LogP contribution in [0.3, 0.4) is 0 Å². The minimum atomic E-state index is -0.0843. The van der Waals surface area contributed by atoms with Gasteiger partial charge in [0.25, 0.3) is 5.91 Å². The molecule has 3 aromatic rings. The second kappa shape index (κ2) is 8.03. The molecule has 3 rings (SSSR count). The van der Waals surface area contributed by atoms with E-state index in [0.717, 1.165) is 22.4 Å². The fourth-order valence-corrected chi connectivity index (χ4v) is 2.67. The minimum absolute atomic E-state index is 0.0843. The fourth-order valence-electron chi connectivity index (χ4n) is 2.67. The molecule has 0 radical (unpaired) electrons. The molecule has 1 aromatic heterocycles. The largest absolute Gasteiger partial charge is 0.494 e. The lowest BCUT2D eigenvalue weighted by atomic mass is 10.1.